The van der Waals surface area contributed by atoms with Gasteiger partial charge in [0.25, 0.3) is 5.89 Å². The number of aliphatic hydroxyl groups excluding tert-OH is 1. The summed E-state index contributed by atoms with van der Waals surface area (Å²) in [7, 11) is 0. The lowest BCUT2D eigenvalue weighted by Gasteiger charge is -2.38. The fourth-order valence-electron chi connectivity index (χ4n) is 5.25. The van der Waals surface area contributed by atoms with E-state index in [0.29, 0.717) is 24.4 Å². The van der Waals surface area contributed by atoms with Crippen molar-refractivity contribution in [3.8, 4) is 11.5 Å². The van der Waals surface area contributed by atoms with Gasteiger partial charge in [0.1, 0.15) is 5.82 Å². The van der Waals surface area contributed by atoms with Gasteiger partial charge < -0.3 is 19.8 Å². The number of benzene rings is 1. The van der Waals surface area contributed by atoms with Gasteiger partial charge >= 0.3 is 0 Å². The number of nitrogens with one attached hydrogen (secondary N) is 1. The molecule has 1 saturated heterocycles. The lowest BCUT2D eigenvalue weighted by atomic mass is 9.99. The quantitative estimate of drug-likeness (QED) is 0.630. The van der Waals surface area contributed by atoms with Crippen LogP contribution in [0.25, 0.3) is 22.4 Å². The topological polar surface area (TPSA) is 87.3 Å². The van der Waals surface area contributed by atoms with Gasteiger partial charge in [0, 0.05) is 36.5 Å². The summed E-state index contributed by atoms with van der Waals surface area (Å²) >= 11 is 0. The molecule has 2 saturated carbocycles. The van der Waals surface area contributed by atoms with E-state index in [-0.39, 0.29) is 6.04 Å². The van der Waals surface area contributed by atoms with E-state index in [1.54, 1.807) is 0 Å². The first-order valence-corrected chi connectivity index (χ1v) is 12.1. The first kappa shape index (κ1) is 20.1. The summed E-state index contributed by atoms with van der Waals surface area (Å²) in [5.74, 6) is 2.59. The number of hydrogen-bond donors (Lipinski definition) is 2. The van der Waals surface area contributed by atoms with Crippen LogP contribution >= 0.6 is 0 Å². The molecule has 1 aromatic carbocycles. The van der Waals surface area contributed by atoms with Crippen molar-refractivity contribution < 1.29 is 9.63 Å². The maximum atomic E-state index is 11.0. The molecular weight excluding hydrogens is 402 g/mol. The Balaban J connectivity index is 1.32. The highest BCUT2D eigenvalue weighted by Gasteiger charge is 2.33. The molecule has 32 heavy (non-hydrogen) atoms. The summed E-state index contributed by atoms with van der Waals surface area (Å²) in [5, 5.41) is 20.0. The summed E-state index contributed by atoms with van der Waals surface area (Å²) in [6.07, 6.45) is 7.77. The van der Waals surface area contributed by atoms with Crippen molar-refractivity contribution in [2.75, 3.05) is 18.0 Å². The van der Waals surface area contributed by atoms with Gasteiger partial charge in [-0.1, -0.05) is 29.6 Å². The zero-order valence-corrected chi connectivity index (χ0v) is 18.6. The van der Waals surface area contributed by atoms with Gasteiger partial charge in [-0.3, -0.25) is 0 Å². The molecule has 0 spiro atoms. The van der Waals surface area contributed by atoms with Crippen molar-refractivity contribution in [2.45, 2.75) is 76.0 Å². The smallest absolute Gasteiger partial charge is 0.261 e. The number of rotatable bonds is 5. The van der Waals surface area contributed by atoms with E-state index in [9.17, 15) is 5.11 Å². The van der Waals surface area contributed by atoms with Crippen LogP contribution in [0.4, 0.5) is 5.82 Å². The summed E-state index contributed by atoms with van der Waals surface area (Å²) in [4.78, 5) is 11.9. The van der Waals surface area contributed by atoms with Gasteiger partial charge in [0.2, 0.25) is 0 Å². The Hall–Kier alpha value is -2.51. The molecule has 2 aliphatic carbocycles. The van der Waals surface area contributed by atoms with Crippen LogP contribution in [0.3, 0.4) is 0 Å². The van der Waals surface area contributed by atoms with Crippen molar-refractivity contribution >= 4 is 16.7 Å². The predicted molar refractivity (Wildman–Crippen MR) is 124 cm³/mol. The average molecular weight is 434 g/mol. The van der Waals surface area contributed by atoms with E-state index < -0.39 is 6.10 Å². The Bertz CT molecular complexity index is 1120. The van der Waals surface area contributed by atoms with Gasteiger partial charge in [0.05, 0.1) is 17.2 Å². The Morgan fingerprint density at radius 3 is 2.69 bits per heavy atom. The van der Waals surface area contributed by atoms with E-state index in [0.717, 1.165) is 53.9 Å². The predicted octanol–water partition coefficient (Wildman–Crippen LogP) is 3.94. The molecule has 0 bridgehead atoms. The molecule has 0 amide bonds. The average Bonchev–Trinajstić information content (AvgIpc) is 3.30. The van der Waals surface area contributed by atoms with Crippen LogP contribution in [-0.4, -0.2) is 51.5 Å². The highest BCUT2D eigenvalue weighted by atomic mass is 16.5. The number of β-amino-alcohol motifs (C(OH)–C–C–N with tert-alkyl or cyclic N) is 1. The Morgan fingerprint density at radius 2 is 1.91 bits per heavy atom. The van der Waals surface area contributed by atoms with Crippen molar-refractivity contribution in [1.82, 2.24) is 20.4 Å². The molecule has 6 rings (SSSR count). The zero-order chi connectivity index (χ0) is 21.7. The monoisotopic (exact) mass is 433 g/mol. The van der Waals surface area contributed by atoms with E-state index in [1.165, 1.54) is 31.2 Å². The van der Waals surface area contributed by atoms with Crippen LogP contribution < -0.4 is 10.2 Å². The van der Waals surface area contributed by atoms with E-state index in [4.69, 9.17) is 14.5 Å². The lowest BCUT2D eigenvalue weighted by Crippen LogP contribution is -2.55. The number of pyridine rings is 1. The Morgan fingerprint density at radius 1 is 1.06 bits per heavy atom. The van der Waals surface area contributed by atoms with Crippen LogP contribution in [0.1, 0.15) is 62.3 Å². The number of fused-ring (bicyclic) bond motifs is 1. The van der Waals surface area contributed by atoms with E-state index in [1.807, 2.05) is 0 Å². The second-order valence-corrected chi connectivity index (χ2v) is 9.84. The number of piperidine rings is 1. The highest BCUT2D eigenvalue weighted by molar-refractivity contribution is 5.88. The minimum atomic E-state index is -0.433. The molecular formula is C25H31N5O2. The minimum Gasteiger partial charge on any atom is -0.390 e. The standard InChI is InChI=1S/C25H31N5O2/c1-15-6-9-20-17(12-15)13-19(25-28-23(29-32-25)16-7-8-16)24(27-20)30-11-10-21(22(31)14-30)26-18-4-2-3-5-18/h6,9,12-13,16,18,21-22,26,31H,2-5,7-8,10-11,14H2,1H3/t21-,22+/m0/s1. The summed E-state index contributed by atoms with van der Waals surface area (Å²) in [6, 6.07) is 9.10. The third kappa shape index (κ3) is 3.88. The van der Waals surface area contributed by atoms with E-state index in [2.05, 4.69) is 46.6 Å². The van der Waals surface area contributed by atoms with Crippen LogP contribution in [0.5, 0.6) is 0 Å². The van der Waals surface area contributed by atoms with Gasteiger partial charge in [-0.25, -0.2) is 4.98 Å². The molecule has 3 aromatic rings. The van der Waals surface area contributed by atoms with Crippen LogP contribution in [0, 0.1) is 6.92 Å². The summed E-state index contributed by atoms with van der Waals surface area (Å²) < 4.78 is 5.70. The molecule has 2 aromatic heterocycles. The maximum absolute atomic E-state index is 11.0. The van der Waals surface area contributed by atoms with Gasteiger partial charge in [-0.2, -0.15) is 4.98 Å². The third-order valence-corrected chi connectivity index (χ3v) is 7.25. The number of aryl methyl sites for hydroxylation is 1. The highest BCUT2D eigenvalue weighted by Crippen LogP contribution is 2.40. The molecule has 2 N–H and O–H groups in total. The van der Waals surface area contributed by atoms with Crippen molar-refractivity contribution in [3.63, 3.8) is 0 Å². The van der Waals surface area contributed by atoms with Gasteiger partial charge in [-0.05, 0) is 57.2 Å². The molecule has 0 radical (unpaired) electrons. The van der Waals surface area contributed by atoms with Crippen LogP contribution in [0.15, 0.2) is 28.8 Å². The number of nitrogens with zero attached hydrogens (tertiary/aromatic N) is 4. The fraction of sp³-hybridized carbons (Fsp3) is 0.560. The minimum absolute atomic E-state index is 0.144. The number of aromatic nitrogens is 3. The maximum Gasteiger partial charge on any atom is 0.261 e. The molecule has 1 aliphatic heterocycles. The second kappa shape index (κ2) is 8.12. The molecule has 3 aliphatic rings. The molecule has 0 unspecified atom stereocenters. The summed E-state index contributed by atoms with van der Waals surface area (Å²) in [6.45, 7) is 3.47. The Kier molecular flexibility index (Phi) is 5.11. The van der Waals surface area contributed by atoms with Crippen molar-refractivity contribution in [3.05, 3.63) is 35.7 Å². The van der Waals surface area contributed by atoms with Crippen molar-refractivity contribution in [2.24, 2.45) is 0 Å². The summed E-state index contributed by atoms with van der Waals surface area (Å²) in [5.41, 5.74) is 2.99. The van der Waals surface area contributed by atoms with E-state index >= 15 is 0 Å². The first-order chi connectivity index (χ1) is 15.6. The number of hydrogen-bond acceptors (Lipinski definition) is 7. The van der Waals surface area contributed by atoms with Crippen molar-refractivity contribution in [1.29, 1.82) is 0 Å². The molecule has 2 atom stereocenters. The normalized spacial score (nSPS) is 24.5. The van der Waals surface area contributed by atoms with Crippen LogP contribution in [-0.2, 0) is 0 Å². The zero-order valence-electron chi connectivity index (χ0n) is 18.6. The third-order valence-electron chi connectivity index (χ3n) is 7.25. The van der Waals surface area contributed by atoms with Gasteiger partial charge in [-0.15, -0.1) is 0 Å². The second-order valence-electron chi connectivity index (χ2n) is 9.84. The van der Waals surface area contributed by atoms with Gasteiger partial charge in [0.15, 0.2) is 5.82 Å². The Labute approximate surface area is 188 Å². The molecule has 3 fully saturated rings. The van der Waals surface area contributed by atoms with Crippen LogP contribution in [0.2, 0.25) is 0 Å². The number of aliphatic hydroxyl groups is 1. The molecule has 3 heterocycles. The lowest BCUT2D eigenvalue weighted by molar-refractivity contribution is 0.107. The molecule has 7 heteroatoms. The first-order valence-electron chi connectivity index (χ1n) is 12.1. The molecule has 168 valence electrons. The SMILES string of the molecule is Cc1ccc2nc(N3CC[C@H](NC4CCCC4)[C@H](O)C3)c(-c3nc(C4CC4)no3)cc2c1. The number of anilines is 1. The fourth-order valence-corrected chi connectivity index (χ4v) is 5.25. The largest absolute Gasteiger partial charge is 0.390 e. The molecule has 7 nitrogen and oxygen atoms in total.